The lowest BCUT2D eigenvalue weighted by Gasteiger charge is -2.15. The molecule has 0 radical (unpaired) electrons. The Morgan fingerprint density at radius 2 is 1.81 bits per heavy atom. The van der Waals surface area contributed by atoms with E-state index in [0.29, 0.717) is 25.7 Å². The molecule has 0 heterocycles. The molecule has 0 aliphatic heterocycles. The van der Waals surface area contributed by atoms with Crippen LogP contribution in [-0.4, -0.2) is 66.3 Å². The van der Waals surface area contributed by atoms with E-state index in [1.165, 1.54) is 11.8 Å². The quantitative estimate of drug-likeness (QED) is 0.321. The smallest absolute Gasteiger partial charge is 0.191 e. The number of nitrogens with one attached hydrogen (secondary N) is 2. The minimum Gasteiger partial charge on any atom is -0.379 e. The first-order valence-corrected chi connectivity index (χ1v) is 10.8. The van der Waals surface area contributed by atoms with Gasteiger partial charge in [0.15, 0.2) is 5.96 Å². The summed E-state index contributed by atoms with van der Waals surface area (Å²) in [4.78, 5) is 4.13. The molecule has 8 heteroatoms. The van der Waals surface area contributed by atoms with Crippen LogP contribution >= 0.6 is 0 Å². The molecule has 0 saturated carbocycles. The standard InChI is InChI=1S/C18H31N3O4S/c1-16(17-8-5-4-6-9-17)25-12-7-10-20-18(19-2)21-11-13-24-14-15-26(3,22)23/h4-6,8-9,16H,7,10-15H2,1-3H3,(H2,19,20,21). The van der Waals surface area contributed by atoms with Crippen LogP contribution in [0, 0.1) is 0 Å². The van der Waals surface area contributed by atoms with Crippen molar-refractivity contribution in [2.75, 3.05) is 52.0 Å². The number of ether oxygens (including phenoxy) is 2. The molecule has 1 aromatic rings. The summed E-state index contributed by atoms with van der Waals surface area (Å²) in [7, 11) is -1.26. The van der Waals surface area contributed by atoms with Crippen molar-refractivity contribution in [2.45, 2.75) is 19.4 Å². The van der Waals surface area contributed by atoms with Crippen molar-refractivity contribution in [1.82, 2.24) is 10.6 Å². The highest BCUT2D eigenvalue weighted by molar-refractivity contribution is 7.90. The van der Waals surface area contributed by atoms with E-state index < -0.39 is 9.84 Å². The molecule has 2 N–H and O–H groups in total. The Labute approximate surface area is 157 Å². The normalized spacial score (nSPS) is 13.4. The molecule has 26 heavy (non-hydrogen) atoms. The van der Waals surface area contributed by atoms with E-state index in [-0.39, 0.29) is 18.5 Å². The first-order valence-electron chi connectivity index (χ1n) is 8.79. The van der Waals surface area contributed by atoms with Gasteiger partial charge in [-0.15, -0.1) is 0 Å². The molecule has 148 valence electrons. The van der Waals surface area contributed by atoms with Crippen molar-refractivity contribution in [3.8, 4) is 0 Å². The van der Waals surface area contributed by atoms with Crippen LogP contribution in [0.3, 0.4) is 0 Å². The van der Waals surface area contributed by atoms with Gasteiger partial charge in [0.2, 0.25) is 0 Å². The Bertz CT molecular complexity index is 621. The molecule has 0 spiro atoms. The van der Waals surface area contributed by atoms with E-state index >= 15 is 0 Å². The van der Waals surface area contributed by atoms with Crippen LogP contribution in [-0.2, 0) is 19.3 Å². The molecule has 1 atom stereocenters. The molecule has 7 nitrogen and oxygen atoms in total. The number of benzene rings is 1. The largest absolute Gasteiger partial charge is 0.379 e. The molecule has 1 rings (SSSR count). The van der Waals surface area contributed by atoms with Crippen LogP contribution in [0.5, 0.6) is 0 Å². The van der Waals surface area contributed by atoms with Crippen molar-refractivity contribution >= 4 is 15.8 Å². The van der Waals surface area contributed by atoms with E-state index in [1.54, 1.807) is 7.05 Å². The highest BCUT2D eigenvalue weighted by atomic mass is 32.2. The highest BCUT2D eigenvalue weighted by Gasteiger charge is 2.04. The van der Waals surface area contributed by atoms with E-state index in [4.69, 9.17) is 9.47 Å². The summed E-state index contributed by atoms with van der Waals surface area (Å²) >= 11 is 0. The van der Waals surface area contributed by atoms with Crippen molar-refractivity contribution in [2.24, 2.45) is 4.99 Å². The van der Waals surface area contributed by atoms with Crippen molar-refractivity contribution in [3.05, 3.63) is 35.9 Å². The Morgan fingerprint density at radius 1 is 1.12 bits per heavy atom. The van der Waals surface area contributed by atoms with Gasteiger partial charge in [-0.1, -0.05) is 30.3 Å². The Morgan fingerprint density at radius 3 is 2.46 bits per heavy atom. The summed E-state index contributed by atoms with van der Waals surface area (Å²) in [5, 5.41) is 6.32. The topological polar surface area (TPSA) is 89.0 Å². The molecule has 0 saturated heterocycles. The van der Waals surface area contributed by atoms with Gasteiger partial charge in [0, 0.05) is 33.0 Å². The predicted molar refractivity (Wildman–Crippen MR) is 105 cm³/mol. The lowest BCUT2D eigenvalue weighted by molar-refractivity contribution is 0.0646. The molecule has 0 aliphatic rings. The Hall–Kier alpha value is -1.64. The van der Waals surface area contributed by atoms with Gasteiger partial charge < -0.3 is 20.1 Å². The molecule has 1 unspecified atom stereocenters. The van der Waals surface area contributed by atoms with E-state index in [1.807, 2.05) is 25.1 Å². The zero-order valence-corrected chi connectivity index (χ0v) is 16.7. The number of sulfone groups is 1. The number of rotatable bonds is 12. The Balaban J connectivity index is 2.06. The van der Waals surface area contributed by atoms with E-state index in [9.17, 15) is 8.42 Å². The second-order valence-corrected chi connectivity index (χ2v) is 8.21. The fourth-order valence-electron chi connectivity index (χ4n) is 2.13. The summed E-state index contributed by atoms with van der Waals surface area (Å²) < 4.78 is 33.1. The minimum atomic E-state index is -2.97. The third-order valence-corrected chi connectivity index (χ3v) is 4.52. The van der Waals surface area contributed by atoms with Crippen LogP contribution in [0.15, 0.2) is 35.3 Å². The summed E-state index contributed by atoms with van der Waals surface area (Å²) in [6.07, 6.45) is 2.14. The van der Waals surface area contributed by atoms with Crippen molar-refractivity contribution in [3.63, 3.8) is 0 Å². The Kier molecular flexibility index (Phi) is 10.9. The third kappa shape index (κ3) is 11.1. The number of hydrogen-bond acceptors (Lipinski definition) is 5. The van der Waals surface area contributed by atoms with Gasteiger partial charge in [-0.25, -0.2) is 8.42 Å². The molecular weight excluding hydrogens is 354 g/mol. The highest BCUT2D eigenvalue weighted by Crippen LogP contribution is 2.15. The number of nitrogens with zero attached hydrogens (tertiary/aromatic N) is 1. The second kappa shape index (κ2) is 12.7. The molecule has 0 amide bonds. The van der Waals surface area contributed by atoms with Gasteiger partial charge in [-0.05, 0) is 18.9 Å². The van der Waals surface area contributed by atoms with Crippen LogP contribution in [0.25, 0.3) is 0 Å². The average Bonchev–Trinajstić information content (AvgIpc) is 2.62. The van der Waals surface area contributed by atoms with Crippen LogP contribution < -0.4 is 10.6 Å². The minimum absolute atomic E-state index is 0.0430. The predicted octanol–water partition coefficient (Wildman–Crippen LogP) is 1.38. The molecule has 1 aromatic carbocycles. The average molecular weight is 386 g/mol. The second-order valence-electron chi connectivity index (χ2n) is 5.95. The summed E-state index contributed by atoms with van der Waals surface area (Å²) in [5.74, 6) is 0.731. The maximum Gasteiger partial charge on any atom is 0.191 e. The van der Waals surface area contributed by atoms with E-state index in [0.717, 1.165) is 13.0 Å². The maximum atomic E-state index is 11.0. The lowest BCUT2D eigenvalue weighted by atomic mass is 10.1. The van der Waals surface area contributed by atoms with Crippen LogP contribution in [0.4, 0.5) is 0 Å². The van der Waals surface area contributed by atoms with Crippen LogP contribution in [0.2, 0.25) is 0 Å². The zero-order chi connectivity index (χ0) is 19.3. The van der Waals surface area contributed by atoms with Crippen molar-refractivity contribution in [1.29, 1.82) is 0 Å². The monoisotopic (exact) mass is 385 g/mol. The molecule has 0 fully saturated rings. The maximum absolute atomic E-state index is 11.0. The van der Waals surface area contributed by atoms with Crippen LogP contribution in [0.1, 0.15) is 25.0 Å². The van der Waals surface area contributed by atoms with Gasteiger partial charge in [0.25, 0.3) is 0 Å². The summed E-state index contributed by atoms with van der Waals surface area (Å²) in [6, 6.07) is 10.1. The van der Waals surface area contributed by atoms with Crippen molar-refractivity contribution < 1.29 is 17.9 Å². The summed E-state index contributed by atoms with van der Waals surface area (Å²) in [5.41, 5.74) is 1.17. The first kappa shape index (κ1) is 22.4. The third-order valence-electron chi connectivity index (χ3n) is 3.61. The SMILES string of the molecule is CN=C(NCCCOC(C)c1ccccc1)NCCOCCS(C)(=O)=O. The number of aliphatic imine (C=N–C) groups is 1. The van der Waals surface area contributed by atoms with Gasteiger partial charge in [0.05, 0.1) is 25.1 Å². The molecule has 0 bridgehead atoms. The molecular formula is C18H31N3O4S. The van der Waals surface area contributed by atoms with Gasteiger partial charge in [-0.3, -0.25) is 4.99 Å². The summed E-state index contributed by atoms with van der Waals surface area (Å²) in [6.45, 7) is 4.65. The molecule has 0 aromatic heterocycles. The van der Waals surface area contributed by atoms with Gasteiger partial charge >= 0.3 is 0 Å². The first-order chi connectivity index (χ1) is 12.4. The lowest BCUT2D eigenvalue weighted by Crippen LogP contribution is -2.39. The number of hydrogen-bond donors (Lipinski definition) is 2. The molecule has 0 aliphatic carbocycles. The number of guanidine groups is 1. The fraction of sp³-hybridized carbons (Fsp3) is 0.611. The fourth-order valence-corrected chi connectivity index (χ4v) is 2.55. The van der Waals surface area contributed by atoms with Gasteiger partial charge in [-0.2, -0.15) is 0 Å². The van der Waals surface area contributed by atoms with Gasteiger partial charge in [0.1, 0.15) is 9.84 Å². The van der Waals surface area contributed by atoms with E-state index in [2.05, 4.69) is 27.8 Å². The zero-order valence-electron chi connectivity index (χ0n) is 15.9.